The van der Waals surface area contributed by atoms with E-state index in [2.05, 4.69) is 48.3 Å². The Hall–Kier alpha value is -2.40. The van der Waals surface area contributed by atoms with E-state index in [-0.39, 0.29) is 11.8 Å². The number of carbonyl (C=O) groups excluding carboxylic acids is 1. The SMILES string of the molecule is Cc1cc(C)c2nc(N3CCCC(C(=O)NCCc4ccccc4)C3)sc2c1. The molecule has 1 N–H and O–H groups in total. The van der Waals surface area contributed by atoms with Gasteiger partial charge < -0.3 is 10.2 Å². The second-order valence-electron chi connectivity index (χ2n) is 7.74. The van der Waals surface area contributed by atoms with E-state index < -0.39 is 0 Å². The second-order valence-corrected chi connectivity index (χ2v) is 8.75. The van der Waals surface area contributed by atoms with Gasteiger partial charge in [-0.3, -0.25) is 4.79 Å². The number of nitrogens with zero attached hydrogens (tertiary/aromatic N) is 2. The van der Waals surface area contributed by atoms with Crippen LogP contribution >= 0.6 is 11.3 Å². The molecule has 28 heavy (non-hydrogen) atoms. The van der Waals surface area contributed by atoms with Crippen molar-refractivity contribution in [3.63, 3.8) is 0 Å². The lowest BCUT2D eigenvalue weighted by Gasteiger charge is -2.31. The number of amides is 1. The summed E-state index contributed by atoms with van der Waals surface area (Å²) in [4.78, 5) is 19.9. The van der Waals surface area contributed by atoms with Gasteiger partial charge in [-0.25, -0.2) is 4.98 Å². The zero-order valence-corrected chi connectivity index (χ0v) is 17.4. The van der Waals surface area contributed by atoms with Crippen molar-refractivity contribution < 1.29 is 4.79 Å². The van der Waals surface area contributed by atoms with Crippen LogP contribution < -0.4 is 10.2 Å². The Kier molecular flexibility index (Phi) is 5.62. The molecule has 4 nitrogen and oxygen atoms in total. The largest absolute Gasteiger partial charge is 0.355 e. The van der Waals surface area contributed by atoms with Crippen molar-refractivity contribution in [3.05, 3.63) is 59.2 Å². The minimum Gasteiger partial charge on any atom is -0.355 e. The maximum absolute atomic E-state index is 12.7. The van der Waals surface area contributed by atoms with Crippen molar-refractivity contribution in [3.8, 4) is 0 Å². The third-order valence-electron chi connectivity index (χ3n) is 5.44. The molecule has 0 radical (unpaired) electrons. The molecule has 5 heteroatoms. The number of hydrogen-bond donors (Lipinski definition) is 1. The summed E-state index contributed by atoms with van der Waals surface area (Å²) in [5.41, 5.74) is 4.85. The average molecular weight is 394 g/mol. The van der Waals surface area contributed by atoms with Crippen molar-refractivity contribution in [2.75, 3.05) is 24.5 Å². The molecule has 2 heterocycles. The lowest BCUT2D eigenvalue weighted by atomic mass is 9.97. The minimum atomic E-state index is 0.0411. The van der Waals surface area contributed by atoms with Gasteiger partial charge in [-0.1, -0.05) is 47.7 Å². The van der Waals surface area contributed by atoms with Crippen LogP contribution in [0.1, 0.15) is 29.5 Å². The van der Waals surface area contributed by atoms with Crippen molar-refractivity contribution in [2.24, 2.45) is 5.92 Å². The molecule has 2 aromatic carbocycles. The summed E-state index contributed by atoms with van der Waals surface area (Å²) < 4.78 is 1.24. The highest BCUT2D eigenvalue weighted by molar-refractivity contribution is 7.22. The summed E-state index contributed by atoms with van der Waals surface area (Å²) in [6.07, 6.45) is 2.86. The fourth-order valence-corrected chi connectivity index (χ4v) is 5.15. The molecule has 1 atom stereocenters. The van der Waals surface area contributed by atoms with Gasteiger partial charge in [0.25, 0.3) is 0 Å². The van der Waals surface area contributed by atoms with Gasteiger partial charge in [-0.05, 0) is 55.9 Å². The summed E-state index contributed by atoms with van der Waals surface area (Å²) in [7, 11) is 0. The van der Waals surface area contributed by atoms with Crippen molar-refractivity contribution in [1.29, 1.82) is 0 Å². The van der Waals surface area contributed by atoms with Gasteiger partial charge in [0.1, 0.15) is 0 Å². The van der Waals surface area contributed by atoms with E-state index in [1.807, 2.05) is 18.2 Å². The maximum atomic E-state index is 12.7. The van der Waals surface area contributed by atoms with Gasteiger partial charge in [0.2, 0.25) is 5.91 Å². The Morgan fingerprint density at radius 3 is 2.89 bits per heavy atom. The van der Waals surface area contributed by atoms with Gasteiger partial charge in [0.05, 0.1) is 16.1 Å². The van der Waals surface area contributed by atoms with Gasteiger partial charge in [-0.15, -0.1) is 0 Å². The lowest BCUT2D eigenvalue weighted by Crippen LogP contribution is -2.43. The van der Waals surface area contributed by atoms with Crippen LogP contribution in [0.4, 0.5) is 5.13 Å². The van der Waals surface area contributed by atoms with Crippen LogP contribution in [-0.2, 0) is 11.2 Å². The summed E-state index contributed by atoms with van der Waals surface area (Å²) in [5, 5.41) is 4.18. The van der Waals surface area contributed by atoms with Crippen LogP contribution in [0.2, 0.25) is 0 Å². The zero-order chi connectivity index (χ0) is 19.5. The smallest absolute Gasteiger partial charge is 0.224 e. The third-order valence-corrected chi connectivity index (χ3v) is 6.50. The first-order chi connectivity index (χ1) is 13.6. The third kappa shape index (κ3) is 4.20. The lowest BCUT2D eigenvalue weighted by molar-refractivity contribution is -0.125. The number of anilines is 1. The normalized spacial score (nSPS) is 17.1. The molecule has 1 fully saturated rings. The number of fused-ring (bicyclic) bond motifs is 1. The molecule has 4 rings (SSSR count). The summed E-state index contributed by atoms with van der Waals surface area (Å²) >= 11 is 1.74. The summed E-state index contributed by atoms with van der Waals surface area (Å²) in [6, 6.07) is 14.7. The van der Waals surface area contributed by atoms with Crippen LogP contribution in [0.25, 0.3) is 10.2 Å². The molecule has 1 aliphatic heterocycles. The molecule has 1 amide bonds. The van der Waals surface area contributed by atoms with Crippen LogP contribution in [0.3, 0.4) is 0 Å². The summed E-state index contributed by atoms with van der Waals surface area (Å²) in [6.45, 7) is 6.68. The molecular formula is C23H27N3OS. The predicted octanol–water partition coefficient (Wildman–Crippen LogP) is 4.49. The van der Waals surface area contributed by atoms with E-state index >= 15 is 0 Å². The van der Waals surface area contributed by atoms with Gasteiger partial charge in [0.15, 0.2) is 5.13 Å². The average Bonchev–Trinajstić information content (AvgIpc) is 3.13. The van der Waals surface area contributed by atoms with Crippen LogP contribution in [0.15, 0.2) is 42.5 Å². The number of aromatic nitrogens is 1. The number of thiazole rings is 1. The first-order valence-electron chi connectivity index (χ1n) is 10.0. The second kappa shape index (κ2) is 8.31. The molecule has 1 aromatic heterocycles. The number of benzene rings is 2. The highest BCUT2D eigenvalue weighted by Crippen LogP contribution is 2.33. The number of rotatable bonds is 5. The fourth-order valence-electron chi connectivity index (χ4n) is 3.98. The van der Waals surface area contributed by atoms with Crippen LogP contribution in [0.5, 0.6) is 0 Å². The molecule has 0 bridgehead atoms. The molecule has 1 saturated heterocycles. The number of aryl methyl sites for hydroxylation is 2. The Morgan fingerprint density at radius 2 is 2.07 bits per heavy atom. The van der Waals surface area contributed by atoms with E-state index in [4.69, 9.17) is 4.98 Å². The maximum Gasteiger partial charge on any atom is 0.224 e. The van der Waals surface area contributed by atoms with Crippen LogP contribution in [0, 0.1) is 19.8 Å². The highest BCUT2D eigenvalue weighted by Gasteiger charge is 2.27. The fraction of sp³-hybridized carbons (Fsp3) is 0.391. The molecular weight excluding hydrogens is 366 g/mol. The van der Waals surface area contributed by atoms with Crippen molar-refractivity contribution >= 4 is 32.6 Å². The molecule has 1 aliphatic rings. The Labute approximate surface area is 170 Å². The first-order valence-corrected chi connectivity index (χ1v) is 10.9. The van der Waals surface area contributed by atoms with E-state index in [0.29, 0.717) is 6.54 Å². The summed E-state index contributed by atoms with van der Waals surface area (Å²) in [5.74, 6) is 0.216. The first kappa shape index (κ1) is 18.9. The van der Waals surface area contributed by atoms with E-state index in [0.717, 1.165) is 43.0 Å². The molecule has 0 aliphatic carbocycles. The predicted molar refractivity (Wildman–Crippen MR) is 117 cm³/mol. The monoisotopic (exact) mass is 393 g/mol. The molecule has 3 aromatic rings. The Balaban J connectivity index is 1.38. The van der Waals surface area contributed by atoms with E-state index in [9.17, 15) is 4.79 Å². The Bertz CT molecular complexity index is 967. The molecule has 0 saturated carbocycles. The number of piperidine rings is 1. The topological polar surface area (TPSA) is 45.2 Å². The van der Waals surface area contributed by atoms with Gasteiger partial charge in [-0.2, -0.15) is 0 Å². The Morgan fingerprint density at radius 1 is 1.25 bits per heavy atom. The zero-order valence-electron chi connectivity index (χ0n) is 16.6. The van der Waals surface area contributed by atoms with Gasteiger partial charge in [0, 0.05) is 19.6 Å². The van der Waals surface area contributed by atoms with E-state index in [1.54, 1.807) is 11.3 Å². The van der Waals surface area contributed by atoms with E-state index in [1.165, 1.54) is 21.4 Å². The number of nitrogens with one attached hydrogen (secondary N) is 1. The highest BCUT2D eigenvalue weighted by atomic mass is 32.1. The standard InChI is InChI=1S/C23H27N3OS/c1-16-13-17(2)21-20(14-16)28-23(25-21)26-12-6-9-19(15-26)22(27)24-11-10-18-7-4-3-5-8-18/h3-5,7-8,13-14,19H,6,9-12,15H2,1-2H3,(H,24,27). The van der Waals surface area contributed by atoms with Crippen LogP contribution in [-0.4, -0.2) is 30.5 Å². The molecule has 146 valence electrons. The number of hydrogen-bond acceptors (Lipinski definition) is 4. The minimum absolute atomic E-state index is 0.0411. The van der Waals surface area contributed by atoms with Crippen molar-refractivity contribution in [2.45, 2.75) is 33.1 Å². The quantitative estimate of drug-likeness (QED) is 0.695. The van der Waals surface area contributed by atoms with Crippen molar-refractivity contribution in [1.82, 2.24) is 10.3 Å². The van der Waals surface area contributed by atoms with Gasteiger partial charge >= 0.3 is 0 Å². The number of carbonyl (C=O) groups is 1. The molecule has 0 spiro atoms. The molecule has 1 unspecified atom stereocenters.